The van der Waals surface area contributed by atoms with Gasteiger partial charge in [0.15, 0.2) is 17.1 Å². The number of amides is 1. The maximum absolute atomic E-state index is 12.5. The number of fused-ring (bicyclic) bond motifs is 2. The average molecular weight is 345 g/mol. The van der Waals surface area contributed by atoms with E-state index in [4.69, 9.17) is 21.1 Å². The van der Waals surface area contributed by atoms with Gasteiger partial charge in [-0.2, -0.15) is 0 Å². The summed E-state index contributed by atoms with van der Waals surface area (Å²) in [7, 11) is 1.84. The van der Waals surface area contributed by atoms with Crippen molar-refractivity contribution in [1.29, 1.82) is 0 Å². The highest BCUT2D eigenvalue weighted by Crippen LogP contribution is 2.38. The summed E-state index contributed by atoms with van der Waals surface area (Å²) in [6, 6.07) is 4.97. The number of nitrogens with zero attached hydrogens (tertiary/aromatic N) is 3. The Morgan fingerprint density at radius 1 is 1.21 bits per heavy atom. The molecule has 0 atom stereocenters. The molecule has 2 aromatic heterocycles. The summed E-state index contributed by atoms with van der Waals surface area (Å²) in [5.41, 5.74) is 2.21. The number of aromatic nitrogens is 3. The number of benzene rings is 1. The first-order valence-corrected chi connectivity index (χ1v) is 7.67. The van der Waals surface area contributed by atoms with E-state index in [9.17, 15) is 4.79 Å². The van der Waals surface area contributed by atoms with Crippen LogP contribution in [0.25, 0.3) is 11.2 Å². The Morgan fingerprint density at radius 2 is 1.96 bits per heavy atom. The quantitative estimate of drug-likeness (QED) is 0.773. The highest BCUT2D eigenvalue weighted by atomic mass is 35.5. The van der Waals surface area contributed by atoms with Crippen molar-refractivity contribution in [1.82, 2.24) is 14.5 Å². The first kappa shape index (κ1) is 14.8. The minimum Gasteiger partial charge on any atom is -0.486 e. The Hall–Kier alpha value is -2.80. The third kappa shape index (κ3) is 2.52. The molecule has 3 heterocycles. The number of halogens is 1. The van der Waals surface area contributed by atoms with Gasteiger partial charge in [-0.05, 0) is 6.07 Å². The number of rotatable bonds is 2. The number of aryl methyl sites for hydroxylation is 1. The van der Waals surface area contributed by atoms with E-state index in [2.05, 4.69) is 15.3 Å². The molecule has 122 valence electrons. The van der Waals surface area contributed by atoms with Crippen molar-refractivity contribution in [2.45, 2.75) is 0 Å². The number of carbonyl (C=O) groups excluding carboxylic acids is 1. The molecule has 0 saturated carbocycles. The monoisotopic (exact) mass is 344 g/mol. The summed E-state index contributed by atoms with van der Waals surface area (Å²) in [5, 5.41) is 3.14. The molecular weight excluding hydrogens is 332 g/mol. The van der Waals surface area contributed by atoms with E-state index in [1.54, 1.807) is 29.1 Å². The molecule has 0 radical (unpaired) electrons. The van der Waals surface area contributed by atoms with Crippen LogP contribution in [0, 0.1) is 0 Å². The molecule has 1 aliphatic rings. The van der Waals surface area contributed by atoms with Crippen molar-refractivity contribution < 1.29 is 14.3 Å². The number of anilines is 1. The van der Waals surface area contributed by atoms with E-state index in [-0.39, 0.29) is 5.91 Å². The number of imidazole rings is 1. The van der Waals surface area contributed by atoms with Gasteiger partial charge < -0.3 is 19.4 Å². The van der Waals surface area contributed by atoms with Crippen LogP contribution in [0.2, 0.25) is 5.02 Å². The third-order valence-corrected chi connectivity index (χ3v) is 4.01. The summed E-state index contributed by atoms with van der Waals surface area (Å²) in [6.45, 7) is 0.938. The van der Waals surface area contributed by atoms with Gasteiger partial charge in [0.25, 0.3) is 5.91 Å². The van der Waals surface area contributed by atoms with Crippen LogP contribution in [-0.2, 0) is 7.05 Å². The second-order valence-corrected chi connectivity index (χ2v) is 5.76. The van der Waals surface area contributed by atoms with Crippen molar-refractivity contribution in [2.24, 2.45) is 7.05 Å². The lowest BCUT2D eigenvalue weighted by atomic mass is 10.2. The molecular formula is C16H13ClN4O3. The summed E-state index contributed by atoms with van der Waals surface area (Å²) >= 11 is 6.21. The van der Waals surface area contributed by atoms with E-state index in [0.717, 1.165) is 0 Å². The fraction of sp³-hybridized carbons (Fsp3) is 0.188. The van der Waals surface area contributed by atoms with Crippen LogP contribution in [0.3, 0.4) is 0 Å². The lowest BCUT2D eigenvalue weighted by Gasteiger charge is -2.20. The van der Waals surface area contributed by atoms with Crippen LogP contribution in [0.15, 0.2) is 30.7 Å². The number of nitrogens with one attached hydrogen (secondary N) is 1. The zero-order chi connectivity index (χ0) is 16.7. The predicted octanol–water partition coefficient (Wildman–Crippen LogP) is 2.65. The average Bonchev–Trinajstić information content (AvgIpc) is 2.96. The first-order chi connectivity index (χ1) is 11.6. The van der Waals surface area contributed by atoms with Crippen molar-refractivity contribution in [2.75, 3.05) is 18.5 Å². The van der Waals surface area contributed by atoms with Gasteiger partial charge in [-0.15, -0.1) is 0 Å². The predicted molar refractivity (Wildman–Crippen MR) is 88.9 cm³/mol. The maximum atomic E-state index is 12.5. The SMILES string of the molecule is Cn1cnc2cc(C(=O)Nc3cc4c(cc3Cl)OCCO4)cnc21. The summed E-state index contributed by atoms with van der Waals surface area (Å²) in [5.74, 6) is 0.800. The molecule has 0 bridgehead atoms. The van der Waals surface area contributed by atoms with Crippen LogP contribution >= 0.6 is 11.6 Å². The Labute approximate surface area is 142 Å². The molecule has 0 spiro atoms. The van der Waals surface area contributed by atoms with Gasteiger partial charge in [0.05, 0.1) is 22.6 Å². The summed E-state index contributed by atoms with van der Waals surface area (Å²) in [6.07, 6.45) is 3.16. The Kier molecular flexibility index (Phi) is 3.50. The number of carbonyl (C=O) groups is 1. The van der Waals surface area contributed by atoms with Crippen LogP contribution in [0.5, 0.6) is 11.5 Å². The van der Waals surface area contributed by atoms with E-state index in [1.807, 2.05) is 7.05 Å². The Balaban J connectivity index is 1.63. The van der Waals surface area contributed by atoms with E-state index >= 15 is 0 Å². The topological polar surface area (TPSA) is 78.3 Å². The maximum Gasteiger partial charge on any atom is 0.257 e. The van der Waals surface area contributed by atoms with Gasteiger partial charge in [0.2, 0.25) is 0 Å². The molecule has 0 aliphatic carbocycles. The molecule has 1 N–H and O–H groups in total. The van der Waals surface area contributed by atoms with Gasteiger partial charge in [0.1, 0.15) is 18.7 Å². The van der Waals surface area contributed by atoms with Gasteiger partial charge in [-0.3, -0.25) is 4.79 Å². The second-order valence-electron chi connectivity index (χ2n) is 5.35. The lowest BCUT2D eigenvalue weighted by molar-refractivity contribution is 0.102. The van der Waals surface area contributed by atoms with Gasteiger partial charge >= 0.3 is 0 Å². The zero-order valence-electron chi connectivity index (χ0n) is 12.7. The summed E-state index contributed by atoms with van der Waals surface area (Å²) < 4.78 is 12.7. The fourth-order valence-electron chi connectivity index (χ4n) is 2.49. The first-order valence-electron chi connectivity index (χ1n) is 7.29. The number of pyridine rings is 1. The van der Waals surface area contributed by atoms with Gasteiger partial charge in [-0.1, -0.05) is 11.6 Å². The molecule has 4 rings (SSSR count). The van der Waals surface area contributed by atoms with Crippen LogP contribution in [0.4, 0.5) is 5.69 Å². The second kappa shape index (κ2) is 5.68. The Bertz CT molecular complexity index is 954. The van der Waals surface area contributed by atoms with Gasteiger partial charge in [-0.25, -0.2) is 9.97 Å². The molecule has 8 heteroatoms. The van der Waals surface area contributed by atoms with Crippen molar-refractivity contribution in [3.8, 4) is 11.5 Å². The fourth-order valence-corrected chi connectivity index (χ4v) is 2.70. The molecule has 0 saturated heterocycles. The van der Waals surface area contributed by atoms with Crippen molar-refractivity contribution in [3.63, 3.8) is 0 Å². The Morgan fingerprint density at radius 3 is 2.75 bits per heavy atom. The minimum absolute atomic E-state index is 0.325. The molecule has 1 aromatic carbocycles. The highest BCUT2D eigenvalue weighted by Gasteiger charge is 2.17. The minimum atomic E-state index is -0.325. The van der Waals surface area contributed by atoms with E-state index < -0.39 is 0 Å². The number of hydrogen-bond acceptors (Lipinski definition) is 5. The molecule has 0 fully saturated rings. The van der Waals surface area contributed by atoms with Crippen molar-refractivity contribution in [3.05, 3.63) is 41.3 Å². The normalized spacial score (nSPS) is 13.1. The molecule has 0 unspecified atom stereocenters. The standard InChI is InChI=1S/C16H13ClN4O3/c1-21-8-19-12-4-9(7-18-15(12)21)16(22)20-11-6-14-13(5-10(11)17)23-2-3-24-14/h4-8H,2-3H2,1H3,(H,20,22). The third-order valence-electron chi connectivity index (χ3n) is 3.69. The largest absolute Gasteiger partial charge is 0.486 e. The number of hydrogen-bond donors (Lipinski definition) is 1. The smallest absolute Gasteiger partial charge is 0.257 e. The van der Waals surface area contributed by atoms with Crippen LogP contribution in [-0.4, -0.2) is 33.7 Å². The molecule has 3 aromatic rings. The molecule has 1 aliphatic heterocycles. The van der Waals surface area contributed by atoms with E-state index in [1.165, 1.54) is 6.20 Å². The van der Waals surface area contributed by atoms with Crippen LogP contribution < -0.4 is 14.8 Å². The molecule has 24 heavy (non-hydrogen) atoms. The lowest BCUT2D eigenvalue weighted by Crippen LogP contribution is -2.17. The van der Waals surface area contributed by atoms with Crippen LogP contribution in [0.1, 0.15) is 10.4 Å². The van der Waals surface area contributed by atoms with Gasteiger partial charge in [0, 0.05) is 25.4 Å². The van der Waals surface area contributed by atoms with E-state index in [0.29, 0.717) is 52.2 Å². The highest BCUT2D eigenvalue weighted by molar-refractivity contribution is 6.34. The number of ether oxygens (including phenoxy) is 2. The molecule has 1 amide bonds. The zero-order valence-corrected chi connectivity index (χ0v) is 13.5. The summed E-state index contributed by atoms with van der Waals surface area (Å²) in [4.78, 5) is 20.9. The molecule has 7 nitrogen and oxygen atoms in total. The van der Waals surface area contributed by atoms with Crippen molar-refractivity contribution >= 4 is 34.4 Å².